The minimum atomic E-state index is -1.22. The second kappa shape index (κ2) is 10.8. The summed E-state index contributed by atoms with van der Waals surface area (Å²) in [6.07, 6.45) is 6.46. The van der Waals surface area contributed by atoms with Crippen LogP contribution in [0.3, 0.4) is 0 Å². The zero-order valence-electron chi connectivity index (χ0n) is 20.4. The van der Waals surface area contributed by atoms with Gasteiger partial charge in [0, 0.05) is 29.1 Å². The van der Waals surface area contributed by atoms with Crippen molar-refractivity contribution in [2.75, 3.05) is 5.32 Å². The van der Waals surface area contributed by atoms with Gasteiger partial charge in [0.25, 0.3) is 0 Å². The van der Waals surface area contributed by atoms with Crippen molar-refractivity contribution in [3.8, 4) is 11.1 Å². The van der Waals surface area contributed by atoms with Gasteiger partial charge in [0.2, 0.25) is 5.91 Å². The van der Waals surface area contributed by atoms with Crippen LogP contribution in [0.1, 0.15) is 48.2 Å². The van der Waals surface area contributed by atoms with E-state index >= 15 is 0 Å². The Morgan fingerprint density at radius 3 is 2.37 bits per heavy atom. The van der Waals surface area contributed by atoms with Crippen LogP contribution < -0.4 is 5.32 Å². The number of allylic oxidation sites excluding steroid dienone is 1. The molecule has 1 fully saturated rings. The normalized spacial score (nSPS) is 13.5. The number of fused-ring (bicyclic) bond motifs is 1. The average Bonchev–Trinajstić information content (AvgIpc) is 3.16. The Bertz CT molecular complexity index is 1560. The van der Waals surface area contributed by atoms with E-state index in [1.54, 1.807) is 47.0 Å². The number of nitrogens with one attached hydrogen (secondary N) is 1. The number of hydrogen-bond donors (Lipinski definition) is 2. The SMILES string of the molecule is O=C(C=C1CCCCC1)Nc1c(C(=O)O)n(Cc2cccc(Cl)c2)c2cc(-c3cc(F)cc(F)c3)ccc12. The molecule has 3 aromatic carbocycles. The van der Waals surface area contributed by atoms with Crippen LogP contribution in [0.4, 0.5) is 14.5 Å². The fourth-order valence-electron chi connectivity index (χ4n) is 5.08. The molecular weight excluding hydrogens is 510 g/mol. The van der Waals surface area contributed by atoms with Crippen LogP contribution in [0.25, 0.3) is 22.0 Å². The highest BCUT2D eigenvalue weighted by molar-refractivity contribution is 6.30. The number of amides is 1. The van der Waals surface area contributed by atoms with E-state index in [0.717, 1.165) is 49.3 Å². The van der Waals surface area contributed by atoms with E-state index in [2.05, 4.69) is 5.32 Å². The van der Waals surface area contributed by atoms with Crippen LogP contribution in [0.15, 0.2) is 72.3 Å². The van der Waals surface area contributed by atoms with E-state index in [1.165, 1.54) is 12.1 Å². The van der Waals surface area contributed by atoms with Crippen LogP contribution in [-0.2, 0) is 11.3 Å². The summed E-state index contributed by atoms with van der Waals surface area (Å²) in [5.41, 5.74) is 3.17. The van der Waals surface area contributed by atoms with Crippen LogP contribution in [0.5, 0.6) is 0 Å². The molecule has 0 spiro atoms. The molecule has 38 heavy (non-hydrogen) atoms. The Kier molecular flexibility index (Phi) is 7.29. The van der Waals surface area contributed by atoms with E-state index in [9.17, 15) is 23.5 Å². The number of aromatic carboxylic acids is 1. The molecular formula is C30H25ClF2N2O3. The standard InChI is InChI=1S/C30H25ClF2N2O3/c31-22-8-4-7-19(11-22)17-35-26-15-20(21-13-23(32)16-24(33)14-21)9-10-25(26)28(29(35)30(37)38)34-27(36)12-18-5-2-1-3-6-18/h4,7-16H,1-3,5-6,17H2,(H,34,36)(H,37,38). The lowest BCUT2D eigenvalue weighted by Gasteiger charge is -2.13. The molecule has 5 nitrogen and oxygen atoms in total. The van der Waals surface area contributed by atoms with Gasteiger partial charge in [-0.25, -0.2) is 13.6 Å². The second-order valence-corrected chi connectivity index (χ2v) is 9.92. The van der Waals surface area contributed by atoms with E-state index in [4.69, 9.17) is 11.6 Å². The fourth-order valence-corrected chi connectivity index (χ4v) is 5.29. The Balaban J connectivity index is 1.66. The summed E-state index contributed by atoms with van der Waals surface area (Å²) in [7, 11) is 0. The number of carboxylic acids is 1. The van der Waals surface area contributed by atoms with Crippen molar-refractivity contribution in [1.82, 2.24) is 4.57 Å². The minimum Gasteiger partial charge on any atom is -0.477 e. The van der Waals surface area contributed by atoms with E-state index in [-0.39, 0.29) is 23.8 Å². The molecule has 0 radical (unpaired) electrons. The highest BCUT2D eigenvalue weighted by atomic mass is 35.5. The second-order valence-electron chi connectivity index (χ2n) is 9.49. The Morgan fingerprint density at radius 2 is 1.68 bits per heavy atom. The number of carbonyl (C=O) groups is 2. The minimum absolute atomic E-state index is 0.0991. The third-order valence-electron chi connectivity index (χ3n) is 6.77. The number of rotatable bonds is 6. The van der Waals surface area contributed by atoms with Gasteiger partial charge in [0.15, 0.2) is 5.69 Å². The molecule has 0 bridgehead atoms. The van der Waals surface area contributed by atoms with Crippen LogP contribution in [-0.4, -0.2) is 21.6 Å². The first kappa shape index (κ1) is 25.7. The molecule has 1 aromatic heterocycles. The van der Waals surface area contributed by atoms with Gasteiger partial charge in [-0.3, -0.25) is 4.79 Å². The van der Waals surface area contributed by atoms with Crippen LogP contribution in [0, 0.1) is 11.6 Å². The van der Waals surface area contributed by atoms with Crippen LogP contribution in [0.2, 0.25) is 5.02 Å². The third kappa shape index (κ3) is 5.48. The lowest BCUT2D eigenvalue weighted by molar-refractivity contribution is -0.112. The number of aromatic nitrogens is 1. The first-order valence-corrected chi connectivity index (χ1v) is 12.8. The highest BCUT2D eigenvalue weighted by Crippen LogP contribution is 2.36. The highest BCUT2D eigenvalue weighted by Gasteiger charge is 2.25. The van der Waals surface area contributed by atoms with Gasteiger partial charge in [-0.2, -0.15) is 0 Å². The van der Waals surface area contributed by atoms with Crippen molar-refractivity contribution in [2.24, 2.45) is 0 Å². The maximum atomic E-state index is 14.0. The predicted octanol–water partition coefficient (Wildman–Crippen LogP) is 7.82. The first-order chi connectivity index (χ1) is 18.3. The summed E-state index contributed by atoms with van der Waals surface area (Å²) >= 11 is 6.17. The monoisotopic (exact) mass is 534 g/mol. The van der Waals surface area contributed by atoms with Crippen molar-refractivity contribution in [2.45, 2.75) is 38.6 Å². The topological polar surface area (TPSA) is 71.3 Å². The Hall–Kier alpha value is -3.97. The lowest BCUT2D eigenvalue weighted by Crippen LogP contribution is -2.15. The first-order valence-electron chi connectivity index (χ1n) is 12.4. The molecule has 1 aliphatic rings. The molecule has 4 aromatic rings. The van der Waals surface area contributed by atoms with E-state index < -0.39 is 17.6 Å². The summed E-state index contributed by atoms with van der Waals surface area (Å²) in [6.45, 7) is 0.149. The van der Waals surface area contributed by atoms with Gasteiger partial charge in [0.05, 0.1) is 11.2 Å². The molecule has 0 unspecified atom stereocenters. The van der Waals surface area contributed by atoms with Crippen molar-refractivity contribution in [3.63, 3.8) is 0 Å². The molecule has 8 heteroatoms. The Labute approximate surface area is 223 Å². The van der Waals surface area contributed by atoms with E-state index in [1.807, 2.05) is 6.07 Å². The zero-order valence-corrected chi connectivity index (χ0v) is 21.2. The summed E-state index contributed by atoms with van der Waals surface area (Å²) in [5, 5.41) is 14.1. The van der Waals surface area contributed by atoms with E-state index in [0.29, 0.717) is 27.1 Å². The summed E-state index contributed by atoms with van der Waals surface area (Å²) in [5.74, 6) is -3.04. The number of carbonyl (C=O) groups excluding carboxylic acids is 1. The number of anilines is 1. The van der Waals surface area contributed by atoms with Crippen molar-refractivity contribution < 1.29 is 23.5 Å². The molecule has 1 aliphatic carbocycles. The molecule has 0 saturated heterocycles. The molecule has 1 saturated carbocycles. The largest absolute Gasteiger partial charge is 0.477 e. The maximum Gasteiger partial charge on any atom is 0.354 e. The van der Waals surface area contributed by atoms with Gasteiger partial charge >= 0.3 is 5.97 Å². The van der Waals surface area contributed by atoms with Gasteiger partial charge in [0.1, 0.15) is 11.6 Å². The molecule has 2 N–H and O–H groups in total. The maximum absolute atomic E-state index is 14.0. The summed E-state index contributed by atoms with van der Waals surface area (Å²) in [4.78, 5) is 25.6. The molecule has 1 heterocycles. The fraction of sp³-hybridized carbons (Fsp3) is 0.200. The van der Waals surface area contributed by atoms with Gasteiger partial charge < -0.3 is 15.0 Å². The van der Waals surface area contributed by atoms with Crippen molar-refractivity contribution in [3.05, 3.63) is 100 Å². The number of halogens is 3. The van der Waals surface area contributed by atoms with Crippen LogP contribution >= 0.6 is 11.6 Å². The zero-order chi connectivity index (χ0) is 26.8. The molecule has 0 aliphatic heterocycles. The number of carboxylic acid groups (broad SMARTS) is 1. The van der Waals surface area contributed by atoms with Gasteiger partial charge in [-0.1, -0.05) is 47.9 Å². The summed E-state index contributed by atoms with van der Waals surface area (Å²) < 4.78 is 29.5. The number of nitrogens with zero attached hydrogens (tertiary/aromatic N) is 1. The number of hydrogen-bond acceptors (Lipinski definition) is 2. The lowest BCUT2D eigenvalue weighted by atomic mass is 9.94. The van der Waals surface area contributed by atoms with Crippen molar-refractivity contribution in [1.29, 1.82) is 0 Å². The molecule has 1 amide bonds. The molecule has 194 valence electrons. The third-order valence-corrected chi connectivity index (χ3v) is 7.01. The smallest absolute Gasteiger partial charge is 0.354 e. The van der Waals surface area contributed by atoms with Gasteiger partial charge in [-0.05, 0) is 72.7 Å². The summed E-state index contributed by atoms with van der Waals surface area (Å²) in [6, 6.07) is 15.3. The average molecular weight is 535 g/mol. The molecule has 0 atom stereocenters. The van der Waals surface area contributed by atoms with Crippen molar-refractivity contribution >= 4 is 40.1 Å². The van der Waals surface area contributed by atoms with Gasteiger partial charge in [-0.15, -0.1) is 0 Å². The number of benzene rings is 3. The molecule has 5 rings (SSSR count). The quantitative estimate of drug-likeness (QED) is 0.248. The Morgan fingerprint density at radius 1 is 0.947 bits per heavy atom. The predicted molar refractivity (Wildman–Crippen MR) is 145 cm³/mol.